The minimum atomic E-state index is -5.66. The normalized spacial score (nSPS) is 14.4. The van der Waals surface area contributed by atoms with Gasteiger partial charge in [0.2, 0.25) is 0 Å². The molecule has 0 unspecified atom stereocenters. The number of nitro benzene ring substituents is 1. The Balaban J connectivity index is 2.13. The maximum atomic E-state index is 12.7. The van der Waals surface area contributed by atoms with Gasteiger partial charge in [-0.1, -0.05) is 18.2 Å². The van der Waals surface area contributed by atoms with Crippen LogP contribution in [0.25, 0.3) is 0 Å². The first-order valence-corrected chi connectivity index (χ1v) is 8.56. The maximum Gasteiger partial charge on any atom is 0.501 e. The maximum absolute atomic E-state index is 12.7. The Labute approximate surface area is 140 Å². The van der Waals surface area contributed by atoms with E-state index in [1.54, 1.807) is 17.0 Å². The van der Waals surface area contributed by atoms with Gasteiger partial charge in [0, 0.05) is 18.3 Å². The quantitative estimate of drug-likeness (QED) is 0.608. The molecule has 0 atom stereocenters. The van der Waals surface area contributed by atoms with Crippen LogP contribution in [0.5, 0.6) is 0 Å². The first-order valence-electron chi connectivity index (χ1n) is 7.08. The number of anilines is 2. The van der Waals surface area contributed by atoms with Crippen molar-refractivity contribution in [3.05, 3.63) is 58.1 Å². The van der Waals surface area contributed by atoms with Gasteiger partial charge >= 0.3 is 5.51 Å². The average molecular weight is 372 g/mol. The van der Waals surface area contributed by atoms with E-state index < -0.39 is 30.9 Å². The van der Waals surface area contributed by atoms with Gasteiger partial charge in [-0.05, 0) is 30.2 Å². The van der Waals surface area contributed by atoms with E-state index in [0.29, 0.717) is 24.7 Å². The molecule has 0 bridgehead atoms. The van der Waals surface area contributed by atoms with Crippen LogP contribution in [-0.2, 0) is 16.3 Å². The van der Waals surface area contributed by atoms with Crippen molar-refractivity contribution in [2.45, 2.75) is 16.8 Å². The molecule has 0 saturated heterocycles. The van der Waals surface area contributed by atoms with E-state index in [9.17, 15) is 31.7 Å². The SMILES string of the molecule is O=[N+]([O-])c1cc(S(=O)(=O)C(F)(F)F)ccc1N1CCc2ccccc21. The summed E-state index contributed by atoms with van der Waals surface area (Å²) < 4.78 is 61.0. The zero-order chi connectivity index (χ0) is 18.4. The Morgan fingerprint density at radius 3 is 2.40 bits per heavy atom. The Morgan fingerprint density at radius 1 is 1.08 bits per heavy atom. The van der Waals surface area contributed by atoms with Crippen LogP contribution in [0.3, 0.4) is 0 Å². The molecule has 2 aromatic rings. The van der Waals surface area contributed by atoms with Crippen LogP contribution in [0.1, 0.15) is 5.56 Å². The fourth-order valence-corrected chi connectivity index (χ4v) is 3.55. The number of benzene rings is 2. The average Bonchev–Trinajstić information content (AvgIpc) is 2.97. The van der Waals surface area contributed by atoms with Crippen LogP contribution in [0.2, 0.25) is 0 Å². The second-order valence-electron chi connectivity index (χ2n) is 5.39. The van der Waals surface area contributed by atoms with Crippen molar-refractivity contribution in [1.82, 2.24) is 0 Å². The molecule has 3 rings (SSSR count). The third-order valence-corrected chi connectivity index (χ3v) is 5.42. The molecule has 1 aliphatic heterocycles. The van der Waals surface area contributed by atoms with Gasteiger partial charge in [-0.25, -0.2) is 8.42 Å². The van der Waals surface area contributed by atoms with Crippen LogP contribution in [0, 0.1) is 10.1 Å². The molecule has 0 N–H and O–H groups in total. The summed E-state index contributed by atoms with van der Waals surface area (Å²) in [7, 11) is -5.66. The van der Waals surface area contributed by atoms with Crippen molar-refractivity contribution in [3.8, 4) is 0 Å². The number of sulfone groups is 1. The van der Waals surface area contributed by atoms with Crippen molar-refractivity contribution in [3.63, 3.8) is 0 Å². The van der Waals surface area contributed by atoms with E-state index in [1.807, 2.05) is 12.1 Å². The molecule has 0 saturated carbocycles. The van der Waals surface area contributed by atoms with Gasteiger partial charge in [0.05, 0.1) is 9.82 Å². The van der Waals surface area contributed by atoms with E-state index >= 15 is 0 Å². The second-order valence-corrected chi connectivity index (χ2v) is 7.33. The molecule has 1 heterocycles. The van der Waals surface area contributed by atoms with Gasteiger partial charge in [-0.3, -0.25) is 10.1 Å². The molecule has 25 heavy (non-hydrogen) atoms. The number of nitrogens with zero attached hydrogens (tertiary/aromatic N) is 2. The zero-order valence-electron chi connectivity index (χ0n) is 12.5. The zero-order valence-corrected chi connectivity index (χ0v) is 13.3. The fourth-order valence-electron chi connectivity index (χ4n) is 2.77. The predicted molar refractivity (Wildman–Crippen MR) is 83.5 cm³/mol. The van der Waals surface area contributed by atoms with Gasteiger partial charge < -0.3 is 4.90 Å². The standard InChI is InChI=1S/C15H11F3N2O4S/c16-15(17,18)25(23,24)11-5-6-13(14(9-11)20(21)22)19-8-7-10-3-1-2-4-12(10)19/h1-6,9H,7-8H2. The molecule has 0 aliphatic carbocycles. The molecule has 2 aromatic carbocycles. The van der Waals surface area contributed by atoms with Crippen molar-refractivity contribution in [2.75, 3.05) is 11.4 Å². The monoisotopic (exact) mass is 372 g/mol. The van der Waals surface area contributed by atoms with Crippen LogP contribution < -0.4 is 4.90 Å². The van der Waals surface area contributed by atoms with Gasteiger partial charge in [-0.15, -0.1) is 0 Å². The van der Waals surface area contributed by atoms with E-state index in [1.165, 1.54) is 0 Å². The van der Waals surface area contributed by atoms with Crippen molar-refractivity contribution in [2.24, 2.45) is 0 Å². The lowest BCUT2D eigenvalue weighted by atomic mass is 10.2. The van der Waals surface area contributed by atoms with Crippen molar-refractivity contribution >= 4 is 26.9 Å². The highest BCUT2D eigenvalue weighted by Gasteiger charge is 2.47. The highest BCUT2D eigenvalue weighted by atomic mass is 32.2. The second kappa shape index (κ2) is 5.73. The molecule has 0 radical (unpaired) electrons. The lowest BCUT2D eigenvalue weighted by molar-refractivity contribution is -0.384. The molecular formula is C15H11F3N2O4S. The molecular weight excluding hydrogens is 361 g/mol. The largest absolute Gasteiger partial charge is 0.501 e. The highest BCUT2D eigenvalue weighted by Crippen LogP contribution is 2.41. The summed E-state index contributed by atoms with van der Waals surface area (Å²) in [5, 5.41) is 11.3. The molecule has 10 heteroatoms. The summed E-state index contributed by atoms with van der Waals surface area (Å²) in [6.45, 7) is 0.408. The number of alkyl halides is 3. The smallest absolute Gasteiger partial charge is 0.335 e. The number of nitro groups is 1. The van der Waals surface area contributed by atoms with Gasteiger partial charge in [0.1, 0.15) is 5.69 Å². The summed E-state index contributed by atoms with van der Waals surface area (Å²) in [5.41, 5.74) is -4.51. The summed E-state index contributed by atoms with van der Waals surface area (Å²) in [5.74, 6) is 0. The van der Waals surface area contributed by atoms with Crippen molar-refractivity contribution in [1.29, 1.82) is 0 Å². The lowest BCUT2D eigenvalue weighted by Gasteiger charge is -2.20. The van der Waals surface area contributed by atoms with Crippen LogP contribution in [0.4, 0.5) is 30.2 Å². The number of halogens is 3. The Bertz CT molecular complexity index is 957. The van der Waals surface area contributed by atoms with Gasteiger partial charge in [-0.2, -0.15) is 13.2 Å². The number of hydrogen-bond donors (Lipinski definition) is 0. The molecule has 0 spiro atoms. The fraction of sp³-hybridized carbons (Fsp3) is 0.200. The van der Waals surface area contributed by atoms with Gasteiger partial charge in [0.15, 0.2) is 0 Å². The van der Waals surface area contributed by atoms with E-state index in [0.717, 1.165) is 17.7 Å². The van der Waals surface area contributed by atoms with E-state index in [2.05, 4.69) is 0 Å². The number of para-hydroxylation sites is 1. The van der Waals surface area contributed by atoms with Crippen molar-refractivity contribution < 1.29 is 26.5 Å². The first kappa shape index (κ1) is 17.2. The first-order chi connectivity index (χ1) is 11.6. The van der Waals surface area contributed by atoms with Crippen LogP contribution >= 0.6 is 0 Å². The summed E-state index contributed by atoms with van der Waals surface area (Å²) in [4.78, 5) is 10.9. The Hall–Kier alpha value is -2.62. The number of fused-ring (bicyclic) bond motifs is 1. The molecule has 0 amide bonds. The third-order valence-electron chi connectivity index (χ3n) is 3.94. The molecule has 6 nitrogen and oxygen atoms in total. The molecule has 0 aromatic heterocycles. The lowest BCUT2D eigenvalue weighted by Crippen LogP contribution is -2.23. The number of hydrogen-bond acceptors (Lipinski definition) is 5. The minimum Gasteiger partial charge on any atom is -0.335 e. The topological polar surface area (TPSA) is 80.5 Å². The Kier molecular flexibility index (Phi) is 3.94. The summed E-state index contributed by atoms with van der Waals surface area (Å²) >= 11 is 0. The Morgan fingerprint density at radius 2 is 1.76 bits per heavy atom. The molecule has 132 valence electrons. The highest BCUT2D eigenvalue weighted by molar-refractivity contribution is 7.92. The van der Waals surface area contributed by atoms with Crippen LogP contribution in [-0.4, -0.2) is 25.4 Å². The number of rotatable bonds is 3. The third kappa shape index (κ3) is 2.82. The predicted octanol–water partition coefficient (Wildman–Crippen LogP) is 3.58. The van der Waals surface area contributed by atoms with E-state index in [-0.39, 0.29) is 5.69 Å². The minimum absolute atomic E-state index is 0.0519. The molecule has 1 aliphatic rings. The summed E-state index contributed by atoms with van der Waals surface area (Å²) in [6, 6.07) is 9.39. The summed E-state index contributed by atoms with van der Waals surface area (Å²) in [6.07, 6.45) is 0.621. The van der Waals surface area contributed by atoms with Gasteiger partial charge in [0.25, 0.3) is 15.5 Å². The van der Waals surface area contributed by atoms with E-state index in [4.69, 9.17) is 0 Å². The molecule has 0 fully saturated rings. The van der Waals surface area contributed by atoms with Crippen LogP contribution in [0.15, 0.2) is 47.4 Å².